The van der Waals surface area contributed by atoms with Gasteiger partial charge in [-0.15, -0.1) is 0 Å². The van der Waals surface area contributed by atoms with Gasteiger partial charge in [-0.2, -0.15) is 0 Å². The number of rotatable bonds is 2. The Hall–Kier alpha value is -1.59. The minimum Gasteiger partial charge on any atom is -0.399 e. The molecule has 0 saturated carbocycles. The maximum Gasteiger partial charge on any atom is 0.496 e. The summed E-state index contributed by atoms with van der Waals surface area (Å²) in [6.07, 6.45) is 6.66. The van der Waals surface area contributed by atoms with Crippen molar-refractivity contribution >= 4 is 48.1 Å². The average molecular weight is 432 g/mol. The van der Waals surface area contributed by atoms with Gasteiger partial charge in [0, 0.05) is 0 Å². The first-order valence-electron chi connectivity index (χ1n) is 11.8. The Morgan fingerprint density at radius 3 is 1.19 bits per heavy atom. The van der Waals surface area contributed by atoms with Gasteiger partial charge in [-0.05, 0) is 100 Å². The third kappa shape index (κ3) is 3.14. The van der Waals surface area contributed by atoms with E-state index < -0.39 is 36.6 Å². The zero-order valence-electron chi connectivity index (χ0n) is 20.7. The Kier molecular flexibility index (Phi) is 4.83. The highest BCUT2D eigenvalue weighted by molar-refractivity contribution is 6.69. The van der Waals surface area contributed by atoms with Crippen LogP contribution in [0.15, 0.2) is 24.3 Å². The van der Waals surface area contributed by atoms with Crippen molar-refractivity contribution in [2.45, 2.75) is 90.6 Å². The normalized spacial score (nSPS) is 24.9. The molecule has 2 fully saturated rings. The van der Waals surface area contributed by atoms with E-state index in [1.54, 1.807) is 0 Å². The Balaban J connectivity index is 1.78. The quantitative estimate of drug-likeness (QED) is 0.685. The number of hydrogen-bond donors (Lipinski definition) is 0. The maximum atomic E-state index is 6.54. The summed E-state index contributed by atoms with van der Waals surface area (Å²) in [6.45, 7) is 16.9. The number of hydrogen-bond acceptors (Lipinski definition) is 4. The molecule has 168 valence electrons. The standard InChI is InChI=1S/C26H34B2O4/c1-23(2)24(3,4)30-27(29-23)21-17-13-9-11-15-19(17)22(20-16-12-10-14-18(20)21)28-31-25(5,6)26(7,8)32-28/h9,11,13-16H,10,12H2,1-8H3. The second kappa shape index (κ2) is 6.96. The summed E-state index contributed by atoms with van der Waals surface area (Å²) in [7, 11) is -0.845. The van der Waals surface area contributed by atoms with Gasteiger partial charge in [0.15, 0.2) is 0 Å². The highest BCUT2D eigenvalue weighted by Gasteiger charge is 2.54. The predicted molar refractivity (Wildman–Crippen MR) is 133 cm³/mol. The van der Waals surface area contributed by atoms with Crippen molar-refractivity contribution in [3.05, 3.63) is 34.7 Å². The smallest absolute Gasteiger partial charge is 0.399 e. The molecule has 1 aliphatic carbocycles. The van der Waals surface area contributed by atoms with Crippen molar-refractivity contribution in [2.75, 3.05) is 0 Å². The lowest BCUT2D eigenvalue weighted by atomic mass is 9.67. The van der Waals surface area contributed by atoms with Crippen LogP contribution in [0.1, 0.15) is 68.2 Å². The largest absolute Gasteiger partial charge is 0.496 e. The first-order valence-corrected chi connectivity index (χ1v) is 11.8. The summed E-state index contributed by atoms with van der Waals surface area (Å²) < 4.78 is 26.1. The van der Waals surface area contributed by atoms with E-state index in [0.29, 0.717) is 0 Å². The molecule has 2 aromatic rings. The van der Waals surface area contributed by atoms with E-state index in [2.05, 4.69) is 91.8 Å². The third-order valence-corrected chi connectivity index (χ3v) is 8.22. The summed E-state index contributed by atoms with van der Waals surface area (Å²) in [5, 5.41) is 4.67. The molecule has 0 aromatic heterocycles. The third-order valence-electron chi connectivity index (χ3n) is 8.22. The molecule has 3 aliphatic rings. The SMILES string of the molecule is CC1(C)OB(c2c3c(c(B4OC(C)(C)C(C)(C)O4)c4ccccc24)=CCCC=3)OC1(C)C. The van der Waals surface area contributed by atoms with Gasteiger partial charge in [0.25, 0.3) is 0 Å². The molecular formula is C26H34B2O4. The van der Waals surface area contributed by atoms with Crippen LogP contribution < -0.4 is 21.4 Å². The van der Waals surface area contributed by atoms with Crippen LogP contribution in [0.5, 0.6) is 0 Å². The van der Waals surface area contributed by atoms with Crippen LogP contribution in [-0.4, -0.2) is 36.6 Å². The molecule has 0 atom stereocenters. The van der Waals surface area contributed by atoms with E-state index in [0.717, 1.165) is 34.5 Å². The minimum absolute atomic E-state index is 0.394. The molecule has 6 heteroatoms. The molecule has 0 bridgehead atoms. The molecule has 2 saturated heterocycles. The van der Waals surface area contributed by atoms with Gasteiger partial charge >= 0.3 is 14.2 Å². The van der Waals surface area contributed by atoms with Gasteiger partial charge < -0.3 is 18.6 Å². The van der Waals surface area contributed by atoms with E-state index in [1.165, 1.54) is 10.4 Å². The van der Waals surface area contributed by atoms with Gasteiger partial charge in [-0.1, -0.05) is 36.4 Å². The van der Waals surface area contributed by atoms with Crippen molar-refractivity contribution in [1.29, 1.82) is 0 Å². The molecule has 0 spiro atoms. The monoisotopic (exact) mass is 432 g/mol. The van der Waals surface area contributed by atoms with Crippen molar-refractivity contribution in [3.8, 4) is 0 Å². The van der Waals surface area contributed by atoms with Crippen LogP contribution in [0.4, 0.5) is 0 Å². The first kappa shape index (κ1) is 22.2. The summed E-state index contributed by atoms with van der Waals surface area (Å²) >= 11 is 0. The van der Waals surface area contributed by atoms with Crippen molar-refractivity contribution in [3.63, 3.8) is 0 Å². The summed E-state index contributed by atoms with van der Waals surface area (Å²) in [5.74, 6) is 0. The second-order valence-corrected chi connectivity index (χ2v) is 11.4. The maximum absolute atomic E-state index is 6.54. The van der Waals surface area contributed by atoms with E-state index in [1.807, 2.05) is 0 Å². The first-order chi connectivity index (χ1) is 14.8. The summed E-state index contributed by atoms with van der Waals surface area (Å²) in [6, 6.07) is 8.52. The lowest BCUT2D eigenvalue weighted by Crippen LogP contribution is -2.59. The Bertz CT molecular complexity index is 1090. The average Bonchev–Trinajstić information content (AvgIpc) is 3.04. The van der Waals surface area contributed by atoms with E-state index in [9.17, 15) is 0 Å². The Morgan fingerprint density at radius 2 is 0.875 bits per heavy atom. The lowest BCUT2D eigenvalue weighted by molar-refractivity contribution is 0.00578. The zero-order chi connectivity index (χ0) is 23.1. The molecule has 2 aliphatic heterocycles. The fourth-order valence-corrected chi connectivity index (χ4v) is 4.86. The van der Waals surface area contributed by atoms with Gasteiger partial charge in [0.2, 0.25) is 0 Å². The summed E-state index contributed by atoms with van der Waals surface area (Å²) in [4.78, 5) is 0. The number of benzene rings is 2. The van der Waals surface area contributed by atoms with Crippen molar-refractivity contribution in [2.24, 2.45) is 0 Å². The van der Waals surface area contributed by atoms with Crippen LogP contribution >= 0.6 is 0 Å². The van der Waals surface area contributed by atoms with Gasteiger partial charge in [0.1, 0.15) is 0 Å². The molecule has 2 heterocycles. The molecule has 0 radical (unpaired) electrons. The molecule has 0 N–H and O–H groups in total. The molecule has 5 rings (SSSR count). The highest BCUT2D eigenvalue weighted by Crippen LogP contribution is 2.38. The molecular weight excluding hydrogens is 398 g/mol. The molecule has 0 amide bonds. The highest BCUT2D eigenvalue weighted by atomic mass is 16.7. The van der Waals surface area contributed by atoms with E-state index in [4.69, 9.17) is 18.6 Å². The van der Waals surface area contributed by atoms with Crippen LogP contribution in [0.3, 0.4) is 0 Å². The van der Waals surface area contributed by atoms with E-state index in [-0.39, 0.29) is 0 Å². The number of fused-ring (bicyclic) bond motifs is 2. The predicted octanol–water partition coefficient (Wildman–Crippen LogP) is 2.79. The minimum atomic E-state index is -0.422. The fraction of sp³-hybridized carbons (Fsp3) is 0.538. The van der Waals surface area contributed by atoms with Gasteiger partial charge in [-0.25, -0.2) is 0 Å². The molecule has 4 nitrogen and oxygen atoms in total. The van der Waals surface area contributed by atoms with Crippen molar-refractivity contribution < 1.29 is 18.6 Å². The van der Waals surface area contributed by atoms with Gasteiger partial charge in [-0.3, -0.25) is 0 Å². The molecule has 32 heavy (non-hydrogen) atoms. The summed E-state index contributed by atoms with van der Waals surface area (Å²) in [5.41, 5.74) is 0.655. The van der Waals surface area contributed by atoms with E-state index >= 15 is 0 Å². The topological polar surface area (TPSA) is 36.9 Å². The van der Waals surface area contributed by atoms with Crippen LogP contribution in [0.2, 0.25) is 0 Å². The second-order valence-electron chi connectivity index (χ2n) is 11.4. The van der Waals surface area contributed by atoms with Crippen molar-refractivity contribution in [1.82, 2.24) is 0 Å². The van der Waals surface area contributed by atoms with Gasteiger partial charge in [0.05, 0.1) is 22.4 Å². The zero-order valence-corrected chi connectivity index (χ0v) is 20.7. The van der Waals surface area contributed by atoms with Crippen LogP contribution in [0.25, 0.3) is 22.9 Å². The molecule has 0 unspecified atom stereocenters. The Labute approximate surface area is 192 Å². The van der Waals surface area contributed by atoms with Crippen LogP contribution in [0, 0.1) is 0 Å². The Morgan fingerprint density at radius 1 is 0.562 bits per heavy atom. The lowest BCUT2D eigenvalue weighted by Gasteiger charge is -2.32. The van der Waals surface area contributed by atoms with Crippen LogP contribution in [-0.2, 0) is 18.6 Å². The molecule has 2 aromatic carbocycles. The fourth-order valence-electron chi connectivity index (χ4n) is 4.86.